The second-order valence-corrected chi connectivity index (χ2v) is 8.90. The van der Waals surface area contributed by atoms with Crippen LogP contribution in [-0.2, 0) is 5.41 Å². The molecule has 0 bridgehead atoms. The Hall–Kier alpha value is -1.06. The molecule has 0 spiro atoms. The monoisotopic (exact) mass is 559 g/mol. The van der Waals surface area contributed by atoms with Crippen LogP contribution in [0.15, 0.2) is 57.5 Å². The largest absolute Gasteiger partial charge is 0.467 e. The van der Waals surface area contributed by atoms with Gasteiger partial charge in [0, 0.05) is 20.9 Å². The van der Waals surface area contributed by atoms with Crippen LogP contribution >= 0.6 is 31.9 Å². The van der Waals surface area contributed by atoms with E-state index in [1.807, 2.05) is 0 Å². The summed E-state index contributed by atoms with van der Waals surface area (Å²) in [5, 5.41) is 0. The second-order valence-electron chi connectivity index (χ2n) is 7.19. The fourth-order valence-electron chi connectivity index (χ4n) is 3.83. The summed E-state index contributed by atoms with van der Waals surface area (Å²) in [6.07, 6.45) is -10.5. The fourth-order valence-corrected chi connectivity index (χ4v) is 5.23. The number of rotatable bonds is 7. The van der Waals surface area contributed by atoms with Crippen LogP contribution < -0.4 is 0 Å². The molecular formula is C21H21Br2F6N. The van der Waals surface area contributed by atoms with Crippen molar-refractivity contribution in [2.75, 3.05) is 6.54 Å². The Balaban J connectivity index is 2.73. The van der Waals surface area contributed by atoms with Gasteiger partial charge in [-0.25, -0.2) is 0 Å². The number of hydrogen-bond donors (Lipinski definition) is 0. The molecule has 0 aromatic heterocycles. The third-order valence-electron chi connectivity index (χ3n) is 5.34. The normalized spacial score (nSPS) is 14.2. The molecule has 0 amide bonds. The summed E-state index contributed by atoms with van der Waals surface area (Å²) in [6, 6.07) is 13.9. The van der Waals surface area contributed by atoms with E-state index in [0.29, 0.717) is 26.5 Å². The average molecular weight is 561 g/mol. The molecule has 0 saturated heterocycles. The summed E-state index contributed by atoms with van der Waals surface area (Å²) in [5.74, 6) is -0.983. The van der Waals surface area contributed by atoms with Crippen molar-refractivity contribution in [3.63, 3.8) is 0 Å². The van der Waals surface area contributed by atoms with E-state index in [-0.39, 0.29) is 6.42 Å². The van der Waals surface area contributed by atoms with E-state index in [2.05, 4.69) is 31.9 Å². The Morgan fingerprint density at radius 1 is 0.800 bits per heavy atom. The predicted molar refractivity (Wildman–Crippen MR) is 112 cm³/mol. The predicted octanol–water partition coefficient (Wildman–Crippen LogP) is 8.28. The Morgan fingerprint density at radius 2 is 1.20 bits per heavy atom. The highest BCUT2D eigenvalue weighted by atomic mass is 79.9. The van der Waals surface area contributed by atoms with Crippen molar-refractivity contribution in [3.05, 3.63) is 68.6 Å². The van der Waals surface area contributed by atoms with Gasteiger partial charge in [0.05, 0.1) is 0 Å². The van der Waals surface area contributed by atoms with E-state index in [4.69, 9.17) is 0 Å². The molecule has 2 aromatic carbocycles. The van der Waals surface area contributed by atoms with Crippen LogP contribution in [0.4, 0.5) is 26.3 Å². The van der Waals surface area contributed by atoms with Gasteiger partial charge < -0.3 is 0 Å². The van der Waals surface area contributed by atoms with Gasteiger partial charge in [-0.05, 0) is 35.6 Å². The van der Waals surface area contributed by atoms with Gasteiger partial charge in [-0.2, -0.15) is 26.3 Å². The number of halogens is 8. The van der Waals surface area contributed by atoms with Crippen LogP contribution in [0.1, 0.15) is 37.8 Å². The lowest BCUT2D eigenvalue weighted by Crippen LogP contribution is -2.53. The maximum absolute atomic E-state index is 13.4. The Kier molecular flexibility index (Phi) is 8.07. The lowest BCUT2D eigenvalue weighted by atomic mass is 9.65. The zero-order valence-corrected chi connectivity index (χ0v) is 19.5. The molecule has 166 valence electrons. The van der Waals surface area contributed by atoms with E-state index in [1.165, 1.54) is 0 Å². The first-order valence-electron chi connectivity index (χ1n) is 9.24. The first-order valence-corrected chi connectivity index (χ1v) is 10.8. The van der Waals surface area contributed by atoms with Crippen molar-refractivity contribution in [1.82, 2.24) is 4.90 Å². The van der Waals surface area contributed by atoms with Gasteiger partial charge >= 0.3 is 12.6 Å². The molecule has 0 aliphatic rings. The van der Waals surface area contributed by atoms with E-state index >= 15 is 0 Å². The molecule has 0 aliphatic carbocycles. The minimum absolute atomic E-state index is 0.168. The first kappa shape index (κ1) is 25.2. The number of alkyl halides is 6. The van der Waals surface area contributed by atoms with E-state index in [9.17, 15) is 26.3 Å². The molecule has 0 N–H and O–H groups in total. The van der Waals surface area contributed by atoms with Gasteiger partial charge in [0.15, 0.2) is 0 Å². The molecule has 0 radical (unpaired) electrons. The maximum Gasteiger partial charge on any atom is 0.467 e. The molecule has 2 rings (SSSR count). The van der Waals surface area contributed by atoms with Crippen molar-refractivity contribution >= 4 is 31.9 Å². The molecule has 2 aromatic rings. The Morgan fingerprint density at radius 3 is 1.53 bits per heavy atom. The van der Waals surface area contributed by atoms with Crippen molar-refractivity contribution < 1.29 is 26.3 Å². The van der Waals surface area contributed by atoms with E-state index < -0.39 is 35.4 Å². The molecule has 0 fully saturated rings. The standard InChI is InChI=1S/C21H21Br2F6N/c1-3-8-14(13-30(20(24,25)26)21(27,28)29)19(2,15-9-4-6-11-17(15)22)16-10-5-7-12-18(16)23/h4-7,9-12,14H,3,8,13H2,1-2H3. The number of hydrogen-bond acceptors (Lipinski definition) is 1. The van der Waals surface area contributed by atoms with Crippen LogP contribution in [0.5, 0.6) is 0 Å². The van der Waals surface area contributed by atoms with Crippen molar-refractivity contribution in [2.45, 2.75) is 44.7 Å². The number of nitrogens with zero attached hydrogens (tertiary/aromatic N) is 1. The smallest absolute Gasteiger partial charge is 0.155 e. The topological polar surface area (TPSA) is 3.24 Å². The van der Waals surface area contributed by atoms with Gasteiger partial charge in [0.25, 0.3) is 0 Å². The van der Waals surface area contributed by atoms with Gasteiger partial charge in [0.1, 0.15) is 0 Å². The molecule has 0 heterocycles. The van der Waals surface area contributed by atoms with Gasteiger partial charge in [-0.3, -0.25) is 0 Å². The summed E-state index contributed by atoms with van der Waals surface area (Å²) in [6.45, 7) is 2.25. The Bertz CT molecular complexity index is 790. The third kappa shape index (κ3) is 5.40. The lowest BCUT2D eigenvalue weighted by molar-refractivity contribution is -0.376. The molecular weight excluding hydrogens is 540 g/mol. The SMILES string of the molecule is CCCC(CN(C(F)(F)F)C(F)(F)F)C(C)(c1ccccc1Br)c1ccccc1Br. The molecule has 0 aliphatic heterocycles. The number of benzene rings is 2. The van der Waals surface area contributed by atoms with Crippen molar-refractivity contribution in [2.24, 2.45) is 5.92 Å². The van der Waals surface area contributed by atoms with Gasteiger partial charge in [-0.15, -0.1) is 4.90 Å². The zero-order chi connectivity index (χ0) is 22.7. The van der Waals surface area contributed by atoms with E-state index in [1.54, 1.807) is 62.4 Å². The van der Waals surface area contributed by atoms with Crippen LogP contribution in [0, 0.1) is 5.92 Å². The first-order chi connectivity index (χ1) is 13.8. The molecule has 1 nitrogen and oxygen atoms in total. The van der Waals surface area contributed by atoms with Crippen LogP contribution in [-0.4, -0.2) is 24.0 Å². The summed E-state index contributed by atoms with van der Waals surface area (Å²) in [5.41, 5.74) is 0.115. The maximum atomic E-state index is 13.4. The molecule has 9 heteroatoms. The molecule has 1 unspecified atom stereocenters. The minimum atomic E-state index is -5.53. The van der Waals surface area contributed by atoms with Crippen LogP contribution in [0.2, 0.25) is 0 Å². The van der Waals surface area contributed by atoms with Crippen LogP contribution in [0.3, 0.4) is 0 Å². The highest BCUT2D eigenvalue weighted by molar-refractivity contribution is 9.10. The lowest BCUT2D eigenvalue weighted by Gasteiger charge is -2.43. The van der Waals surface area contributed by atoms with Crippen molar-refractivity contribution in [3.8, 4) is 0 Å². The third-order valence-corrected chi connectivity index (χ3v) is 6.72. The molecule has 30 heavy (non-hydrogen) atoms. The molecule has 0 saturated carbocycles. The molecule has 1 atom stereocenters. The fraction of sp³-hybridized carbons (Fsp3) is 0.429. The zero-order valence-electron chi connectivity index (χ0n) is 16.3. The quantitative estimate of drug-likeness (QED) is 0.243. The van der Waals surface area contributed by atoms with E-state index in [0.717, 1.165) is 0 Å². The van der Waals surface area contributed by atoms with Crippen LogP contribution in [0.25, 0.3) is 0 Å². The van der Waals surface area contributed by atoms with Gasteiger partial charge in [-0.1, -0.05) is 88.5 Å². The summed E-state index contributed by atoms with van der Waals surface area (Å²) < 4.78 is 81.4. The average Bonchev–Trinajstić information content (AvgIpc) is 2.63. The van der Waals surface area contributed by atoms with Crippen molar-refractivity contribution in [1.29, 1.82) is 0 Å². The highest BCUT2D eigenvalue weighted by Gasteiger charge is 2.56. The second kappa shape index (κ2) is 9.61. The minimum Gasteiger partial charge on any atom is -0.155 e. The summed E-state index contributed by atoms with van der Waals surface area (Å²) in [4.78, 5) is -1.31. The summed E-state index contributed by atoms with van der Waals surface area (Å²) in [7, 11) is 0. The Labute approximate surface area is 188 Å². The van der Waals surface area contributed by atoms with Gasteiger partial charge in [0.2, 0.25) is 0 Å². The summed E-state index contributed by atoms with van der Waals surface area (Å²) >= 11 is 6.89. The highest BCUT2D eigenvalue weighted by Crippen LogP contribution is 2.48.